The highest BCUT2D eigenvalue weighted by atomic mass is 32.2. The summed E-state index contributed by atoms with van der Waals surface area (Å²) in [6.45, 7) is 1.42. The van der Waals surface area contributed by atoms with E-state index in [0.717, 1.165) is 12.8 Å². The lowest BCUT2D eigenvalue weighted by atomic mass is 10.0. The first-order valence-electron chi connectivity index (χ1n) is 6.30. The normalized spacial score (nSPS) is 16.6. The lowest BCUT2D eigenvalue weighted by molar-refractivity contribution is -0.129. The molecule has 0 aromatic carbocycles. The van der Waals surface area contributed by atoms with Crippen LogP contribution in [0.3, 0.4) is 0 Å². The van der Waals surface area contributed by atoms with Gasteiger partial charge in [0.05, 0.1) is 5.75 Å². The first kappa shape index (κ1) is 14.0. The molecule has 0 aliphatic carbocycles. The van der Waals surface area contributed by atoms with Gasteiger partial charge in [-0.1, -0.05) is 0 Å². The Kier molecular flexibility index (Phi) is 4.52. The molecule has 19 heavy (non-hydrogen) atoms. The van der Waals surface area contributed by atoms with Crippen molar-refractivity contribution in [2.75, 3.05) is 25.1 Å². The lowest BCUT2D eigenvalue weighted by Gasteiger charge is -2.33. The maximum atomic E-state index is 11.8. The molecule has 1 aliphatic rings. The van der Waals surface area contributed by atoms with Crippen LogP contribution in [0.15, 0.2) is 18.3 Å². The summed E-state index contributed by atoms with van der Waals surface area (Å²) in [7, 11) is 0. The number of hydrogen-bond acceptors (Lipinski definition) is 3. The van der Waals surface area contributed by atoms with E-state index in [1.807, 2.05) is 21.9 Å². The van der Waals surface area contributed by atoms with Crippen LogP contribution in [0.4, 0.5) is 0 Å². The van der Waals surface area contributed by atoms with E-state index in [4.69, 9.17) is 5.11 Å². The van der Waals surface area contributed by atoms with Gasteiger partial charge in [-0.25, -0.2) is 4.79 Å². The number of carbonyl (C=O) groups is 2. The highest BCUT2D eigenvalue weighted by Crippen LogP contribution is 2.24. The molecular formula is C13H18N2O3S. The zero-order valence-corrected chi connectivity index (χ0v) is 11.7. The molecule has 6 heteroatoms. The van der Waals surface area contributed by atoms with Crippen LogP contribution in [0.1, 0.15) is 29.4 Å². The summed E-state index contributed by atoms with van der Waals surface area (Å²) in [6, 6.07) is 3.56. The number of carboxylic acids is 1. The third kappa shape index (κ3) is 3.12. The summed E-state index contributed by atoms with van der Waals surface area (Å²) in [4.78, 5) is 24.7. The predicted molar refractivity (Wildman–Crippen MR) is 74.6 cm³/mol. The van der Waals surface area contributed by atoms with E-state index in [1.165, 1.54) is 11.8 Å². The first-order chi connectivity index (χ1) is 9.13. The van der Waals surface area contributed by atoms with E-state index in [0.29, 0.717) is 24.5 Å². The van der Waals surface area contributed by atoms with Crippen molar-refractivity contribution in [3.05, 3.63) is 24.0 Å². The van der Waals surface area contributed by atoms with Crippen LogP contribution in [0.5, 0.6) is 0 Å². The quantitative estimate of drug-likeness (QED) is 0.913. The highest BCUT2D eigenvalue weighted by Gasteiger charge is 2.25. The molecule has 1 saturated heterocycles. The van der Waals surface area contributed by atoms with Crippen molar-refractivity contribution >= 4 is 23.6 Å². The van der Waals surface area contributed by atoms with E-state index in [-0.39, 0.29) is 11.9 Å². The maximum Gasteiger partial charge on any atom is 0.352 e. The topological polar surface area (TPSA) is 62.5 Å². The van der Waals surface area contributed by atoms with Crippen molar-refractivity contribution in [3.63, 3.8) is 0 Å². The Labute approximate surface area is 116 Å². The van der Waals surface area contributed by atoms with Crippen molar-refractivity contribution in [3.8, 4) is 0 Å². The number of aromatic nitrogens is 1. The Hall–Kier alpha value is -1.43. The SMILES string of the molecule is CSCC(=O)N1CCC(n2cccc2C(=O)O)CC1. The molecule has 1 aromatic heterocycles. The molecule has 104 valence electrons. The molecule has 1 amide bonds. The van der Waals surface area contributed by atoms with Crippen LogP contribution < -0.4 is 0 Å². The second kappa shape index (κ2) is 6.14. The van der Waals surface area contributed by atoms with Crippen LogP contribution in [0, 0.1) is 0 Å². The van der Waals surface area contributed by atoms with Gasteiger partial charge in [-0.3, -0.25) is 4.79 Å². The molecular weight excluding hydrogens is 264 g/mol. The van der Waals surface area contributed by atoms with Gasteiger partial charge >= 0.3 is 5.97 Å². The van der Waals surface area contributed by atoms with Gasteiger partial charge < -0.3 is 14.6 Å². The molecule has 0 bridgehead atoms. The van der Waals surface area contributed by atoms with Crippen molar-refractivity contribution in [2.24, 2.45) is 0 Å². The summed E-state index contributed by atoms with van der Waals surface area (Å²) in [5.41, 5.74) is 0.328. The maximum absolute atomic E-state index is 11.8. The van der Waals surface area contributed by atoms with Gasteiger partial charge in [-0.05, 0) is 31.2 Å². The van der Waals surface area contributed by atoms with Gasteiger partial charge in [0.25, 0.3) is 0 Å². The largest absolute Gasteiger partial charge is 0.477 e. The number of nitrogens with zero attached hydrogens (tertiary/aromatic N) is 2. The summed E-state index contributed by atoms with van der Waals surface area (Å²) in [5, 5.41) is 9.11. The van der Waals surface area contributed by atoms with E-state index >= 15 is 0 Å². The Morgan fingerprint density at radius 2 is 2.11 bits per heavy atom. The van der Waals surface area contributed by atoms with Gasteiger partial charge in [0.2, 0.25) is 5.91 Å². The zero-order chi connectivity index (χ0) is 13.8. The number of likely N-dealkylation sites (tertiary alicyclic amines) is 1. The van der Waals surface area contributed by atoms with Crippen LogP contribution in [0.25, 0.3) is 0 Å². The van der Waals surface area contributed by atoms with E-state index in [2.05, 4.69) is 0 Å². The second-order valence-corrected chi connectivity index (χ2v) is 5.52. The number of hydrogen-bond donors (Lipinski definition) is 1. The molecule has 1 N–H and O–H groups in total. The number of thioether (sulfide) groups is 1. The fraction of sp³-hybridized carbons (Fsp3) is 0.538. The molecule has 0 radical (unpaired) electrons. The number of rotatable bonds is 4. The van der Waals surface area contributed by atoms with Crippen LogP contribution in [-0.2, 0) is 4.79 Å². The zero-order valence-electron chi connectivity index (χ0n) is 10.9. The fourth-order valence-corrected chi connectivity index (χ4v) is 2.93. The average Bonchev–Trinajstić information content (AvgIpc) is 2.88. The minimum atomic E-state index is -0.897. The molecule has 2 heterocycles. The van der Waals surface area contributed by atoms with Crippen molar-refractivity contribution in [2.45, 2.75) is 18.9 Å². The summed E-state index contributed by atoms with van der Waals surface area (Å²) in [5.74, 6) is -0.197. The number of carbonyl (C=O) groups excluding carboxylic acids is 1. The van der Waals surface area contributed by atoms with Gasteiger partial charge in [-0.2, -0.15) is 11.8 Å². The number of piperidine rings is 1. The van der Waals surface area contributed by atoms with Crippen molar-refractivity contribution in [1.82, 2.24) is 9.47 Å². The molecule has 2 rings (SSSR count). The minimum Gasteiger partial charge on any atom is -0.477 e. The molecule has 1 aromatic rings. The number of amides is 1. The third-order valence-electron chi connectivity index (χ3n) is 3.48. The van der Waals surface area contributed by atoms with E-state index in [9.17, 15) is 9.59 Å². The van der Waals surface area contributed by atoms with E-state index < -0.39 is 5.97 Å². The molecule has 0 spiro atoms. The number of carboxylic acid groups (broad SMARTS) is 1. The summed E-state index contributed by atoms with van der Waals surface area (Å²) < 4.78 is 1.82. The molecule has 1 fully saturated rings. The molecule has 5 nitrogen and oxygen atoms in total. The van der Waals surface area contributed by atoms with Gasteiger partial charge in [-0.15, -0.1) is 0 Å². The van der Waals surface area contributed by atoms with Crippen LogP contribution >= 0.6 is 11.8 Å². The third-order valence-corrected chi connectivity index (χ3v) is 4.01. The Morgan fingerprint density at radius 3 is 2.68 bits per heavy atom. The van der Waals surface area contributed by atoms with Gasteiger partial charge in [0.15, 0.2) is 0 Å². The first-order valence-corrected chi connectivity index (χ1v) is 7.69. The van der Waals surface area contributed by atoms with Gasteiger partial charge in [0.1, 0.15) is 5.69 Å². The Bertz CT molecular complexity index is 464. The minimum absolute atomic E-state index is 0.178. The Balaban J connectivity index is 1.98. The molecule has 0 saturated carbocycles. The second-order valence-electron chi connectivity index (χ2n) is 4.65. The average molecular weight is 282 g/mol. The molecule has 0 unspecified atom stereocenters. The smallest absolute Gasteiger partial charge is 0.352 e. The molecule has 1 aliphatic heterocycles. The summed E-state index contributed by atoms with van der Waals surface area (Å²) >= 11 is 1.53. The Morgan fingerprint density at radius 1 is 1.42 bits per heavy atom. The molecule has 0 atom stereocenters. The highest BCUT2D eigenvalue weighted by molar-refractivity contribution is 7.99. The predicted octanol–water partition coefficient (Wildman–Crippen LogP) is 1.71. The van der Waals surface area contributed by atoms with Crippen LogP contribution in [-0.4, -0.2) is 51.5 Å². The number of aromatic carboxylic acids is 1. The van der Waals surface area contributed by atoms with Crippen molar-refractivity contribution in [1.29, 1.82) is 0 Å². The summed E-state index contributed by atoms with van der Waals surface area (Å²) in [6.07, 6.45) is 5.36. The van der Waals surface area contributed by atoms with Gasteiger partial charge in [0, 0.05) is 25.3 Å². The standard InChI is InChI=1S/C13H18N2O3S/c1-19-9-12(16)14-7-4-10(5-8-14)15-6-2-3-11(15)13(17)18/h2-3,6,10H,4-5,7-9H2,1H3,(H,17,18). The van der Waals surface area contributed by atoms with Crippen LogP contribution in [0.2, 0.25) is 0 Å². The van der Waals surface area contributed by atoms with E-state index in [1.54, 1.807) is 12.1 Å². The monoisotopic (exact) mass is 282 g/mol. The van der Waals surface area contributed by atoms with Crippen molar-refractivity contribution < 1.29 is 14.7 Å². The lowest BCUT2D eigenvalue weighted by Crippen LogP contribution is -2.40. The fourth-order valence-electron chi connectivity index (χ4n) is 2.50.